The molecule has 0 aliphatic heterocycles. The number of alkyl halides is 3. The third-order valence-electron chi connectivity index (χ3n) is 6.90. The highest BCUT2D eigenvalue weighted by Gasteiger charge is 2.41. The highest BCUT2D eigenvalue weighted by Crippen LogP contribution is 2.49. The average molecular weight is 328 g/mol. The van der Waals surface area contributed by atoms with E-state index >= 15 is 0 Å². The minimum Gasteiger partial charge on any atom is -0.166 e. The van der Waals surface area contributed by atoms with Crippen molar-refractivity contribution in [3.8, 4) is 0 Å². The Bertz CT molecular complexity index is 415. The molecular formula is C20H31F3. The molecule has 2 fully saturated rings. The molecule has 0 radical (unpaired) electrons. The van der Waals surface area contributed by atoms with E-state index in [2.05, 4.69) is 6.92 Å². The Balaban J connectivity index is 1.53. The summed E-state index contributed by atoms with van der Waals surface area (Å²) in [5.41, 5.74) is -0.253. The van der Waals surface area contributed by atoms with Crippen molar-refractivity contribution in [1.29, 1.82) is 0 Å². The lowest BCUT2D eigenvalue weighted by atomic mass is 9.63. The maximum absolute atomic E-state index is 12.9. The van der Waals surface area contributed by atoms with Crippen LogP contribution in [0, 0.1) is 29.6 Å². The van der Waals surface area contributed by atoms with E-state index in [9.17, 15) is 13.2 Å². The molecule has 3 unspecified atom stereocenters. The Morgan fingerprint density at radius 2 is 1.61 bits per heavy atom. The summed E-state index contributed by atoms with van der Waals surface area (Å²) >= 11 is 0. The van der Waals surface area contributed by atoms with Crippen molar-refractivity contribution in [2.75, 3.05) is 0 Å². The Morgan fingerprint density at radius 1 is 0.913 bits per heavy atom. The van der Waals surface area contributed by atoms with Crippen molar-refractivity contribution in [3.63, 3.8) is 0 Å². The molecule has 0 heterocycles. The summed E-state index contributed by atoms with van der Waals surface area (Å²) in [6, 6.07) is 0. The van der Waals surface area contributed by atoms with E-state index in [0.29, 0.717) is 5.92 Å². The zero-order valence-electron chi connectivity index (χ0n) is 14.4. The quantitative estimate of drug-likeness (QED) is 0.494. The lowest BCUT2D eigenvalue weighted by molar-refractivity contribution is -0.0971. The van der Waals surface area contributed by atoms with Crippen LogP contribution in [0.2, 0.25) is 0 Å². The highest BCUT2D eigenvalue weighted by atomic mass is 19.4. The highest BCUT2D eigenvalue weighted by molar-refractivity contribution is 5.16. The maximum Gasteiger partial charge on any atom is 0.412 e. The fourth-order valence-corrected chi connectivity index (χ4v) is 5.58. The molecule has 3 aliphatic rings. The molecule has 0 aromatic heterocycles. The fraction of sp³-hybridized carbons (Fsp3) is 0.900. The van der Waals surface area contributed by atoms with Gasteiger partial charge in [0, 0.05) is 5.57 Å². The van der Waals surface area contributed by atoms with Gasteiger partial charge in [0.15, 0.2) is 0 Å². The van der Waals surface area contributed by atoms with Gasteiger partial charge in [0.05, 0.1) is 0 Å². The molecule has 3 aliphatic carbocycles. The van der Waals surface area contributed by atoms with Crippen LogP contribution in [0.15, 0.2) is 11.6 Å². The second kappa shape index (κ2) is 7.19. The molecule has 132 valence electrons. The Labute approximate surface area is 138 Å². The van der Waals surface area contributed by atoms with Gasteiger partial charge in [-0.05, 0) is 74.5 Å². The molecule has 0 spiro atoms. The van der Waals surface area contributed by atoms with E-state index in [1.165, 1.54) is 44.9 Å². The summed E-state index contributed by atoms with van der Waals surface area (Å²) in [5, 5.41) is 0. The Kier molecular flexibility index (Phi) is 5.42. The van der Waals surface area contributed by atoms with Crippen LogP contribution >= 0.6 is 0 Å². The van der Waals surface area contributed by atoms with Crippen LogP contribution in [-0.4, -0.2) is 6.18 Å². The van der Waals surface area contributed by atoms with Crippen molar-refractivity contribution in [1.82, 2.24) is 0 Å². The van der Waals surface area contributed by atoms with Crippen molar-refractivity contribution >= 4 is 0 Å². The largest absolute Gasteiger partial charge is 0.412 e. The minimum atomic E-state index is -4.10. The van der Waals surface area contributed by atoms with E-state index in [4.69, 9.17) is 0 Å². The van der Waals surface area contributed by atoms with E-state index in [1.807, 2.05) is 0 Å². The van der Waals surface area contributed by atoms with Gasteiger partial charge in [-0.25, -0.2) is 0 Å². The molecule has 3 atom stereocenters. The Morgan fingerprint density at radius 3 is 2.26 bits per heavy atom. The van der Waals surface area contributed by atoms with Crippen molar-refractivity contribution in [3.05, 3.63) is 11.6 Å². The van der Waals surface area contributed by atoms with Gasteiger partial charge in [0.1, 0.15) is 0 Å². The van der Waals surface area contributed by atoms with E-state index < -0.39 is 6.18 Å². The van der Waals surface area contributed by atoms with E-state index in [-0.39, 0.29) is 17.9 Å². The maximum atomic E-state index is 12.9. The molecule has 2 saturated carbocycles. The lowest BCUT2D eigenvalue weighted by Gasteiger charge is -2.43. The summed E-state index contributed by atoms with van der Waals surface area (Å²) in [7, 11) is 0. The predicted molar refractivity (Wildman–Crippen MR) is 88.0 cm³/mol. The van der Waals surface area contributed by atoms with Crippen LogP contribution in [0.1, 0.15) is 77.6 Å². The topological polar surface area (TPSA) is 0 Å². The number of hydrogen-bond donors (Lipinski definition) is 0. The molecular weight excluding hydrogens is 297 g/mol. The molecule has 23 heavy (non-hydrogen) atoms. The standard InChI is InChI=1S/C20H31F3/c1-2-3-14-4-6-15(7-5-14)16-8-9-18-13-19(20(21,22)23)11-10-17(18)12-16/h13-18H,2-12H2,1H3. The van der Waals surface area contributed by atoms with Gasteiger partial charge in [0.2, 0.25) is 0 Å². The van der Waals surface area contributed by atoms with Gasteiger partial charge in [0.25, 0.3) is 0 Å². The van der Waals surface area contributed by atoms with Crippen molar-refractivity contribution in [2.45, 2.75) is 83.7 Å². The van der Waals surface area contributed by atoms with Gasteiger partial charge in [-0.15, -0.1) is 0 Å². The fourth-order valence-electron chi connectivity index (χ4n) is 5.58. The smallest absolute Gasteiger partial charge is 0.166 e. The van der Waals surface area contributed by atoms with Crippen LogP contribution in [-0.2, 0) is 0 Å². The first-order valence-electron chi connectivity index (χ1n) is 9.75. The third-order valence-corrected chi connectivity index (χ3v) is 6.90. The molecule has 0 bridgehead atoms. The summed E-state index contributed by atoms with van der Waals surface area (Å²) in [6.07, 6.45) is 10.0. The van der Waals surface area contributed by atoms with Crippen LogP contribution < -0.4 is 0 Å². The van der Waals surface area contributed by atoms with Gasteiger partial charge < -0.3 is 0 Å². The van der Waals surface area contributed by atoms with Gasteiger partial charge in [-0.2, -0.15) is 13.2 Å². The third kappa shape index (κ3) is 4.14. The molecule has 3 heteroatoms. The second-order valence-corrected chi connectivity index (χ2v) is 8.29. The van der Waals surface area contributed by atoms with Gasteiger partial charge in [-0.3, -0.25) is 0 Å². The second-order valence-electron chi connectivity index (χ2n) is 8.29. The first-order chi connectivity index (χ1) is 11.0. The molecule has 0 amide bonds. The first-order valence-corrected chi connectivity index (χ1v) is 9.75. The monoisotopic (exact) mass is 328 g/mol. The van der Waals surface area contributed by atoms with Crippen LogP contribution in [0.4, 0.5) is 13.2 Å². The zero-order chi connectivity index (χ0) is 16.4. The predicted octanol–water partition coefficient (Wildman–Crippen LogP) is 6.91. The average Bonchev–Trinajstić information content (AvgIpc) is 2.54. The summed E-state index contributed by atoms with van der Waals surface area (Å²) in [6.45, 7) is 2.28. The van der Waals surface area contributed by atoms with Crippen LogP contribution in [0.5, 0.6) is 0 Å². The number of rotatable bonds is 3. The summed E-state index contributed by atoms with van der Waals surface area (Å²) in [4.78, 5) is 0. The molecule has 0 aromatic carbocycles. The normalized spacial score (nSPS) is 38.8. The molecule has 0 aromatic rings. The van der Waals surface area contributed by atoms with E-state index in [0.717, 1.165) is 37.0 Å². The first kappa shape index (κ1) is 17.4. The lowest BCUT2D eigenvalue weighted by Crippen LogP contribution is -2.33. The summed E-state index contributed by atoms with van der Waals surface area (Å²) < 4.78 is 38.7. The minimum absolute atomic E-state index is 0.202. The Hall–Kier alpha value is -0.470. The van der Waals surface area contributed by atoms with Crippen LogP contribution in [0.3, 0.4) is 0 Å². The van der Waals surface area contributed by atoms with Gasteiger partial charge in [-0.1, -0.05) is 38.7 Å². The molecule has 0 N–H and O–H groups in total. The molecule has 0 saturated heterocycles. The zero-order valence-corrected chi connectivity index (χ0v) is 14.4. The SMILES string of the molecule is CCCC1CCC(C2CCC3C=C(C(F)(F)F)CCC3C2)CC1. The number of halogens is 3. The summed E-state index contributed by atoms with van der Waals surface area (Å²) in [5.74, 6) is 3.32. The molecule has 0 nitrogen and oxygen atoms in total. The number of fused-ring (bicyclic) bond motifs is 1. The number of hydrogen-bond acceptors (Lipinski definition) is 0. The van der Waals surface area contributed by atoms with Gasteiger partial charge >= 0.3 is 6.18 Å². The number of allylic oxidation sites excluding steroid dienone is 2. The van der Waals surface area contributed by atoms with Crippen molar-refractivity contribution < 1.29 is 13.2 Å². The van der Waals surface area contributed by atoms with E-state index in [1.54, 1.807) is 6.08 Å². The van der Waals surface area contributed by atoms with Crippen molar-refractivity contribution in [2.24, 2.45) is 29.6 Å². The van der Waals surface area contributed by atoms with Crippen LogP contribution in [0.25, 0.3) is 0 Å². The molecule has 3 rings (SSSR count).